The van der Waals surface area contributed by atoms with E-state index in [0.29, 0.717) is 21.4 Å². The van der Waals surface area contributed by atoms with E-state index in [1.54, 1.807) is 0 Å². The van der Waals surface area contributed by atoms with Gasteiger partial charge in [0.1, 0.15) is 0 Å². The number of hydrogen-bond donors (Lipinski definition) is 2. The van der Waals surface area contributed by atoms with Crippen LogP contribution in [0.4, 0.5) is 11.4 Å². The summed E-state index contributed by atoms with van der Waals surface area (Å²) in [6.45, 7) is 0. The molecule has 29 heavy (non-hydrogen) atoms. The van der Waals surface area contributed by atoms with E-state index in [1.165, 1.54) is 22.3 Å². The predicted molar refractivity (Wildman–Crippen MR) is 124 cm³/mol. The lowest BCUT2D eigenvalue weighted by atomic mass is 9.88. The van der Waals surface area contributed by atoms with Crippen molar-refractivity contribution < 1.29 is 0 Å². The highest BCUT2D eigenvalue weighted by atomic mass is 35.5. The van der Waals surface area contributed by atoms with Crippen molar-refractivity contribution in [1.29, 1.82) is 0 Å². The lowest BCUT2D eigenvalue weighted by Crippen LogP contribution is -1.95. The second-order valence-electron chi connectivity index (χ2n) is 7.32. The van der Waals surface area contributed by atoms with E-state index in [2.05, 4.69) is 36.4 Å². The van der Waals surface area contributed by atoms with Crippen LogP contribution in [0.1, 0.15) is 11.1 Å². The summed E-state index contributed by atoms with van der Waals surface area (Å²) >= 11 is 12.7. The quantitative estimate of drug-likeness (QED) is 0.302. The summed E-state index contributed by atoms with van der Waals surface area (Å²) in [7, 11) is 0. The van der Waals surface area contributed by atoms with Gasteiger partial charge in [-0.05, 0) is 75.2 Å². The largest absolute Gasteiger partial charge is 0.398 e. The molecule has 0 amide bonds. The molecule has 0 aromatic heterocycles. The van der Waals surface area contributed by atoms with Crippen LogP contribution in [-0.4, -0.2) is 0 Å². The van der Waals surface area contributed by atoms with E-state index in [0.717, 1.165) is 28.7 Å². The number of anilines is 2. The predicted octanol–water partition coefficient (Wildman–Crippen LogP) is 7.06. The van der Waals surface area contributed by atoms with Crippen molar-refractivity contribution in [2.75, 3.05) is 11.5 Å². The highest BCUT2D eigenvalue weighted by molar-refractivity contribution is 6.33. The molecule has 0 saturated heterocycles. The third kappa shape index (κ3) is 2.96. The summed E-state index contributed by atoms with van der Waals surface area (Å²) in [4.78, 5) is 0. The maximum absolute atomic E-state index is 6.39. The van der Waals surface area contributed by atoms with E-state index >= 15 is 0 Å². The van der Waals surface area contributed by atoms with E-state index in [1.807, 2.05) is 36.4 Å². The first kappa shape index (κ1) is 18.1. The van der Waals surface area contributed by atoms with Gasteiger partial charge >= 0.3 is 0 Å². The standard InChI is InChI=1S/C25H18Cl2N2/c26-21-12-15(5-9-23(21)28)18-7-8-19-17-4-2-1-3-14(17)11-20(19)25(18)16-6-10-24(29)22(27)13-16/h1-10,12-13H,11,28-29H2. The van der Waals surface area contributed by atoms with E-state index < -0.39 is 0 Å². The molecule has 4 aromatic carbocycles. The first-order valence-electron chi connectivity index (χ1n) is 9.38. The monoisotopic (exact) mass is 416 g/mol. The fraction of sp³-hybridized carbons (Fsp3) is 0.0400. The Morgan fingerprint density at radius 3 is 1.97 bits per heavy atom. The number of nitrogen functional groups attached to an aromatic ring is 2. The van der Waals surface area contributed by atoms with Crippen molar-refractivity contribution in [3.8, 4) is 33.4 Å². The Kier molecular flexibility index (Phi) is 4.27. The van der Waals surface area contributed by atoms with Crippen LogP contribution in [0.2, 0.25) is 10.0 Å². The van der Waals surface area contributed by atoms with Crippen LogP contribution in [0.15, 0.2) is 72.8 Å². The molecule has 5 rings (SSSR count). The van der Waals surface area contributed by atoms with Crippen LogP contribution in [0.5, 0.6) is 0 Å². The van der Waals surface area contributed by atoms with Gasteiger partial charge in [-0.3, -0.25) is 0 Å². The zero-order valence-corrected chi connectivity index (χ0v) is 17.1. The summed E-state index contributed by atoms with van der Waals surface area (Å²) in [5.74, 6) is 0. The minimum atomic E-state index is 0.549. The van der Waals surface area contributed by atoms with Crippen molar-refractivity contribution in [1.82, 2.24) is 0 Å². The van der Waals surface area contributed by atoms with Gasteiger partial charge in [0.05, 0.1) is 21.4 Å². The van der Waals surface area contributed by atoms with Crippen molar-refractivity contribution in [2.45, 2.75) is 6.42 Å². The van der Waals surface area contributed by atoms with Gasteiger partial charge < -0.3 is 11.5 Å². The lowest BCUT2D eigenvalue weighted by Gasteiger charge is -2.17. The summed E-state index contributed by atoms with van der Waals surface area (Å²) in [5.41, 5.74) is 22.5. The third-order valence-corrected chi connectivity index (χ3v) is 6.24. The summed E-state index contributed by atoms with van der Waals surface area (Å²) in [6.07, 6.45) is 0.874. The van der Waals surface area contributed by atoms with Crippen LogP contribution in [0, 0.1) is 0 Å². The Morgan fingerprint density at radius 2 is 1.24 bits per heavy atom. The van der Waals surface area contributed by atoms with Gasteiger partial charge in [0.15, 0.2) is 0 Å². The highest BCUT2D eigenvalue weighted by Gasteiger charge is 2.24. The number of hydrogen-bond acceptors (Lipinski definition) is 2. The Hall–Kier alpha value is -2.94. The molecule has 1 aliphatic rings. The van der Waals surface area contributed by atoms with E-state index in [9.17, 15) is 0 Å². The van der Waals surface area contributed by atoms with Gasteiger partial charge in [0, 0.05) is 0 Å². The molecule has 0 heterocycles. The zero-order chi connectivity index (χ0) is 20.1. The molecular weight excluding hydrogens is 399 g/mol. The Morgan fingerprint density at radius 1 is 0.621 bits per heavy atom. The van der Waals surface area contributed by atoms with Gasteiger partial charge in [-0.2, -0.15) is 0 Å². The molecule has 0 aliphatic heterocycles. The van der Waals surface area contributed by atoms with Crippen molar-refractivity contribution in [3.05, 3.63) is 94.0 Å². The molecule has 4 heteroatoms. The van der Waals surface area contributed by atoms with Gasteiger partial charge in [0.2, 0.25) is 0 Å². The third-order valence-electron chi connectivity index (χ3n) is 5.59. The van der Waals surface area contributed by atoms with Crippen LogP contribution in [0.25, 0.3) is 33.4 Å². The number of halogens is 2. The zero-order valence-electron chi connectivity index (χ0n) is 15.5. The molecule has 4 aromatic rings. The molecule has 4 N–H and O–H groups in total. The molecule has 2 nitrogen and oxygen atoms in total. The smallest absolute Gasteiger partial charge is 0.0641 e. The van der Waals surface area contributed by atoms with Gasteiger partial charge in [-0.1, -0.05) is 71.7 Å². The molecule has 142 valence electrons. The fourth-order valence-electron chi connectivity index (χ4n) is 4.16. The molecule has 0 bridgehead atoms. The fourth-order valence-corrected chi connectivity index (χ4v) is 4.52. The maximum Gasteiger partial charge on any atom is 0.0641 e. The second kappa shape index (κ2) is 6.84. The molecule has 0 radical (unpaired) electrons. The average molecular weight is 417 g/mol. The topological polar surface area (TPSA) is 52.0 Å². The van der Waals surface area contributed by atoms with Crippen LogP contribution >= 0.6 is 23.2 Å². The minimum absolute atomic E-state index is 0.549. The van der Waals surface area contributed by atoms with Gasteiger partial charge in [-0.25, -0.2) is 0 Å². The van der Waals surface area contributed by atoms with Crippen molar-refractivity contribution in [2.24, 2.45) is 0 Å². The number of benzene rings is 4. The highest BCUT2D eigenvalue weighted by Crippen LogP contribution is 2.47. The molecular formula is C25H18Cl2N2. The second-order valence-corrected chi connectivity index (χ2v) is 8.14. The molecule has 0 unspecified atom stereocenters. The molecule has 0 spiro atoms. The van der Waals surface area contributed by atoms with Crippen LogP contribution < -0.4 is 11.5 Å². The van der Waals surface area contributed by atoms with Gasteiger partial charge in [-0.15, -0.1) is 0 Å². The van der Waals surface area contributed by atoms with E-state index in [-0.39, 0.29) is 0 Å². The Bertz CT molecular complexity index is 1280. The summed E-state index contributed by atoms with van der Waals surface area (Å²) in [6, 6.07) is 24.5. The normalized spacial score (nSPS) is 11.9. The Labute approximate surface area is 179 Å². The molecule has 0 atom stereocenters. The number of nitrogens with two attached hydrogens (primary N) is 2. The Balaban J connectivity index is 1.81. The lowest BCUT2D eigenvalue weighted by molar-refractivity contribution is 1.26. The first-order chi connectivity index (χ1) is 14.0. The number of rotatable bonds is 2. The molecule has 1 aliphatic carbocycles. The van der Waals surface area contributed by atoms with Crippen molar-refractivity contribution in [3.63, 3.8) is 0 Å². The summed E-state index contributed by atoms with van der Waals surface area (Å²) < 4.78 is 0. The summed E-state index contributed by atoms with van der Waals surface area (Å²) in [5, 5.41) is 1.10. The van der Waals surface area contributed by atoms with Crippen molar-refractivity contribution >= 4 is 34.6 Å². The van der Waals surface area contributed by atoms with Crippen LogP contribution in [-0.2, 0) is 6.42 Å². The number of fused-ring (bicyclic) bond motifs is 3. The minimum Gasteiger partial charge on any atom is -0.398 e. The van der Waals surface area contributed by atoms with Crippen LogP contribution in [0.3, 0.4) is 0 Å². The maximum atomic E-state index is 6.39. The molecule has 0 fully saturated rings. The van der Waals surface area contributed by atoms with Gasteiger partial charge in [0.25, 0.3) is 0 Å². The SMILES string of the molecule is Nc1ccc(-c2ccc3c(c2-c2ccc(N)c(Cl)c2)Cc2ccccc2-3)cc1Cl. The average Bonchev–Trinajstić information content (AvgIpc) is 3.10. The first-order valence-corrected chi connectivity index (χ1v) is 10.1. The molecule has 0 saturated carbocycles. The van der Waals surface area contributed by atoms with E-state index in [4.69, 9.17) is 34.7 Å².